The molecule has 0 radical (unpaired) electrons. The highest BCUT2D eigenvalue weighted by atomic mass is 16.5. The minimum atomic E-state index is -0.536. The number of carbonyl (C=O) groups is 2. The van der Waals surface area contributed by atoms with Gasteiger partial charge < -0.3 is 14.8 Å². The minimum Gasteiger partial charge on any atom is -0.424 e. The highest BCUT2D eigenvalue weighted by molar-refractivity contribution is 6.71. The third-order valence-corrected chi connectivity index (χ3v) is 3.27. The summed E-state index contributed by atoms with van der Waals surface area (Å²) in [5.74, 6) is 1.22. The number of hydrogen-bond acceptors (Lipinski definition) is 4. The van der Waals surface area contributed by atoms with Gasteiger partial charge in [0.15, 0.2) is 0 Å². The van der Waals surface area contributed by atoms with Crippen LogP contribution in [0.4, 0.5) is 0 Å². The molecule has 0 aromatic rings. The summed E-state index contributed by atoms with van der Waals surface area (Å²) >= 11 is 0. The van der Waals surface area contributed by atoms with Gasteiger partial charge >= 0.3 is 5.97 Å². The predicted octanol–water partition coefficient (Wildman–Crippen LogP) is 3.37. The Labute approximate surface area is 146 Å². The summed E-state index contributed by atoms with van der Waals surface area (Å²) in [6, 6.07) is 0. The van der Waals surface area contributed by atoms with Gasteiger partial charge in [0.25, 0.3) is 0 Å². The van der Waals surface area contributed by atoms with Crippen molar-refractivity contribution < 1.29 is 14.3 Å². The molecular formula is C19H28BNO3. The van der Waals surface area contributed by atoms with Crippen molar-refractivity contribution in [2.75, 3.05) is 0 Å². The largest absolute Gasteiger partial charge is 0.424 e. The fourth-order valence-corrected chi connectivity index (χ4v) is 1.74. The van der Waals surface area contributed by atoms with Crippen LogP contribution in [0.1, 0.15) is 41.0 Å². The van der Waals surface area contributed by atoms with Crippen molar-refractivity contribution in [3.63, 3.8) is 0 Å². The molecule has 0 heterocycles. The van der Waals surface area contributed by atoms with E-state index in [-0.39, 0.29) is 18.6 Å². The molecule has 1 N–H and O–H groups in total. The number of esters is 1. The lowest BCUT2D eigenvalue weighted by Crippen LogP contribution is -2.37. The summed E-state index contributed by atoms with van der Waals surface area (Å²) in [6.45, 7) is 13.8. The van der Waals surface area contributed by atoms with Crippen LogP contribution < -0.4 is 5.32 Å². The van der Waals surface area contributed by atoms with Crippen molar-refractivity contribution in [1.82, 2.24) is 5.32 Å². The second-order valence-corrected chi connectivity index (χ2v) is 5.88. The first kappa shape index (κ1) is 21.7. The zero-order valence-corrected chi connectivity index (χ0v) is 15.4. The van der Waals surface area contributed by atoms with E-state index in [0.717, 1.165) is 18.3 Å². The van der Waals surface area contributed by atoms with Gasteiger partial charge in [0.1, 0.15) is 5.76 Å². The maximum Gasteiger partial charge on any atom is 0.342 e. The van der Waals surface area contributed by atoms with Crippen LogP contribution in [-0.2, 0) is 14.3 Å². The number of nitrogens with one attached hydrogen (secondary N) is 1. The summed E-state index contributed by atoms with van der Waals surface area (Å²) in [6.07, 6.45) is 10.5. The molecule has 0 rings (SSSR count). The van der Waals surface area contributed by atoms with Crippen molar-refractivity contribution >= 4 is 19.4 Å². The Morgan fingerprint density at radius 2 is 1.88 bits per heavy atom. The van der Waals surface area contributed by atoms with E-state index >= 15 is 0 Å². The van der Waals surface area contributed by atoms with Gasteiger partial charge in [0, 0.05) is 22.9 Å². The zero-order valence-electron chi connectivity index (χ0n) is 15.4. The molecule has 0 saturated heterocycles. The van der Waals surface area contributed by atoms with E-state index in [0.29, 0.717) is 5.57 Å². The molecule has 0 atom stereocenters. The molecule has 0 aliphatic carbocycles. The molecule has 0 spiro atoms. The molecule has 0 saturated carbocycles. The van der Waals surface area contributed by atoms with Gasteiger partial charge in [-0.25, -0.2) is 4.79 Å². The molecule has 0 unspecified atom stereocenters. The average molecular weight is 329 g/mol. The molecule has 4 nitrogen and oxygen atoms in total. The van der Waals surface area contributed by atoms with E-state index in [2.05, 4.69) is 32.7 Å². The fourth-order valence-electron chi connectivity index (χ4n) is 1.74. The van der Waals surface area contributed by atoms with E-state index in [1.165, 1.54) is 5.98 Å². The van der Waals surface area contributed by atoms with Crippen molar-refractivity contribution in [1.29, 1.82) is 0 Å². The van der Waals surface area contributed by atoms with Crippen LogP contribution in [0, 0.1) is 0 Å². The van der Waals surface area contributed by atoms with Gasteiger partial charge in [0.05, 0.1) is 6.19 Å². The standard InChI is InChI=1S/C19H28BNO3/c1-7-10-16(13-20-14-22)18(23)24-15(4)12-17(11-8-2)21-19(5,6)9-3/h7-8,10-14,20-21H,4,9H2,1-3,5-6H3/b10-7-,11-8-,16-13+,17-12+. The summed E-state index contributed by atoms with van der Waals surface area (Å²) in [5, 5.41) is 3.38. The topological polar surface area (TPSA) is 55.4 Å². The molecule has 0 aliphatic rings. The SMILES string of the molecule is C=C(/C=C(\C=C/C)NC(C)(C)CC)OC(=O)C(/C=C\C)=C/BC=O. The molecule has 130 valence electrons. The van der Waals surface area contributed by atoms with Crippen molar-refractivity contribution in [3.8, 4) is 0 Å². The third kappa shape index (κ3) is 8.98. The van der Waals surface area contributed by atoms with Crippen LogP contribution in [0.5, 0.6) is 0 Å². The van der Waals surface area contributed by atoms with E-state index in [4.69, 9.17) is 4.74 Å². The van der Waals surface area contributed by atoms with Crippen LogP contribution in [0.2, 0.25) is 0 Å². The van der Waals surface area contributed by atoms with Gasteiger partial charge in [0.2, 0.25) is 7.28 Å². The highest BCUT2D eigenvalue weighted by Gasteiger charge is 2.15. The van der Waals surface area contributed by atoms with Crippen LogP contribution in [0.25, 0.3) is 0 Å². The summed E-state index contributed by atoms with van der Waals surface area (Å²) in [7, 11) is 0.160. The normalized spacial score (nSPS) is 13.2. The lowest BCUT2D eigenvalue weighted by Gasteiger charge is -2.26. The molecule has 0 aliphatic heterocycles. The number of allylic oxidation sites excluding steroid dienone is 4. The minimum absolute atomic E-state index is 0.0877. The third-order valence-electron chi connectivity index (χ3n) is 3.27. The Balaban J connectivity index is 5.16. The molecule has 0 bridgehead atoms. The average Bonchev–Trinajstić information content (AvgIpc) is 2.51. The Morgan fingerprint density at radius 1 is 1.25 bits per heavy atom. The van der Waals surface area contributed by atoms with Crippen LogP contribution in [-0.4, -0.2) is 25.0 Å². The van der Waals surface area contributed by atoms with Crippen molar-refractivity contribution in [2.45, 2.75) is 46.6 Å². The zero-order chi connectivity index (χ0) is 18.6. The van der Waals surface area contributed by atoms with Gasteiger partial charge in [-0.3, -0.25) is 0 Å². The van der Waals surface area contributed by atoms with Crippen molar-refractivity contribution in [2.24, 2.45) is 0 Å². The molecule has 0 amide bonds. The maximum atomic E-state index is 12.1. The molecular weight excluding hydrogens is 301 g/mol. The molecule has 0 aromatic carbocycles. The molecule has 0 aromatic heterocycles. The highest BCUT2D eigenvalue weighted by Crippen LogP contribution is 2.13. The van der Waals surface area contributed by atoms with Crippen LogP contribution in [0.15, 0.2) is 60.0 Å². The first-order chi connectivity index (χ1) is 11.3. The van der Waals surface area contributed by atoms with E-state index in [9.17, 15) is 9.59 Å². The Bertz CT molecular complexity index is 569. The molecule has 0 fully saturated rings. The van der Waals surface area contributed by atoms with Crippen LogP contribution in [0.3, 0.4) is 0 Å². The lowest BCUT2D eigenvalue weighted by molar-refractivity contribution is -0.134. The van der Waals surface area contributed by atoms with Gasteiger partial charge in [-0.2, -0.15) is 0 Å². The lowest BCUT2D eigenvalue weighted by atomic mass is 9.79. The summed E-state index contributed by atoms with van der Waals surface area (Å²) in [5.41, 5.74) is 1.05. The molecule has 5 heteroatoms. The first-order valence-corrected chi connectivity index (χ1v) is 8.09. The number of carbonyl (C=O) groups excluding carboxylic acids is 2. The van der Waals surface area contributed by atoms with Gasteiger partial charge in [-0.1, -0.05) is 37.7 Å². The number of hydrogen-bond donors (Lipinski definition) is 1. The second kappa shape index (κ2) is 11.3. The monoisotopic (exact) mass is 329 g/mol. The Kier molecular flexibility index (Phi) is 10.2. The van der Waals surface area contributed by atoms with Crippen molar-refractivity contribution in [3.05, 3.63) is 60.0 Å². The van der Waals surface area contributed by atoms with E-state index in [1.807, 2.05) is 19.1 Å². The number of rotatable bonds is 10. The maximum absolute atomic E-state index is 12.1. The smallest absolute Gasteiger partial charge is 0.342 e. The Morgan fingerprint density at radius 3 is 2.38 bits per heavy atom. The van der Waals surface area contributed by atoms with Gasteiger partial charge in [-0.15, -0.1) is 0 Å². The Hall–Kier alpha value is -2.30. The van der Waals surface area contributed by atoms with E-state index in [1.54, 1.807) is 25.2 Å². The summed E-state index contributed by atoms with van der Waals surface area (Å²) < 4.78 is 5.27. The first-order valence-electron chi connectivity index (χ1n) is 8.09. The fraction of sp³-hybridized carbons (Fsp3) is 0.368. The van der Waals surface area contributed by atoms with Crippen LogP contribution >= 0.6 is 0 Å². The van der Waals surface area contributed by atoms with Gasteiger partial charge in [-0.05, 0) is 40.2 Å². The number of ether oxygens (including phenoxy) is 1. The molecule has 24 heavy (non-hydrogen) atoms. The second-order valence-electron chi connectivity index (χ2n) is 5.88. The summed E-state index contributed by atoms with van der Waals surface area (Å²) in [4.78, 5) is 22.6. The quantitative estimate of drug-likeness (QED) is 0.167. The predicted molar refractivity (Wildman–Crippen MR) is 102 cm³/mol. The van der Waals surface area contributed by atoms with E-state index < -0.39 is 5.97 Å².